The van der Waals surface area contributed by atoms with Crippen LogP contribution in [0.5, 0.6) is 0 Å². The highest BCUT2D eigenvalue weighted by Crippen LogP contribution is 2.26. The summed E-state index contributed by atoms with van der Waals surface area (Å²) in [5.74, 6) is -0.392. The van der Waals surface area contributed by atoms with E-state index in [-0.39, 0.29) is 5.92 Å². The molecule has 1 amide bonds. The maximum atomic E-state index is 13.3. The van der Waals surface area contributed by atoms with Crippen molar-refractivity contribution in [2.45, 2.75) is 18.8 Å². The Labute approximate surface area is 87.1 Å². The molecule has 5 heteroatoms. The molecule has 4 nitrogen and oxygen atoms in total. The molecular formula is C10H12FN3O. The number of amides is 1. The number of hydrogen-bond donors (Lipinski definition) is 0. The molecule has 0 aromatic carbocycles. The lowest BCUT2D eigenvalue weighted by Crippen LogP contribution is -2.32. The van der Waals surface area contributed by atoms with Crippen LogP contribution in [0.2, 0.25) is 0 Å². The van der Waals surface area contributed by atoms with Crippen molar-refractivity contribution in [3.05, 3.63) is 24.0 Å². The van der Waals surface area contributed by atoms with Gasteiger partial charge in [0.15, 0.2) is 0 Å². The summed E-state index contributed by atoms with van der Waals surface area (Å²) in [6, 6.07) is 0. The van der Waals surface area contributed by atoms with Crippen LogP contribution in [0, 0.1) is 5.95 Å². The number of rotatable bonds is 2. The highest BCUT2D eigenvalue weighted by molar-refractivity contribution is 5.47. The molecule has 0 bridgehead atoms. The van der Waals surface area contributed by atoms with E-state index in [0.29, 0.717) is 18.8 Å². The number of carbonyl (C=O) groups is 1. The molecule has 1 aliphatic heterocycles. The van der Waals surface area contributed by atoms with E-state index in [0.717, 1.165) is 19.3 Å². The van der Waals surface area contributed by atoms with E-state index in [2.05, 4.69) is 9.97 Å². The number of piperidine rings is 1. The molecule has 1 aromatic heterocycles. The zero-order valence-electron chi connectivity index (χ0n) is 8.27. The van der Waals surface area contributed by atoms with Crippen molar-refractivity contribution in [3.63, 3.8) is 0 Å². The van der Waals surface area contributed by atoms with Crippen molar-refractivity contribution in [1.29, 1.82) is 0 Å². The third-order valence-corrected chi connectivity index (χ3v) is 2.74. The first kappa shape index (κ1) is 10.0. The van der Waals surface area contributed by atoms with E-state index in [4.69, 9.17) is 0 Å². The molecular weight excluding hydrogens is 197 g/mol. The monoisotopic (exact) mass is 209 g/mol. The number of likely N-dealkylation sites (tertiary alicyclic amines) is 1. The van der Waals surface area contributed by atoms with Crippen LogP contribution >= 0.6 is 0 Å². The molecule has 0 aliphatic carbocycles. The fraction of sp³-hybridized carbons (Fsp3) is 0.500. The van der Waals surface area contributed by atoms with Gasteiger partial charge in [0.25, 0.3) is 0 Å². The topological polar surface area (TPSA) is 46.1 Å². The smallest absolute Gasteiger partial charge is 0.234 e. The lowest BCUT2D eigenvalue weighted by molar-refractivity contribution is -0.119. The predicted molar refractivity (Wildman–Crippen MR) is 51.6 cm³/mol. The van der Waals surface area contributed by atoms with Crippen LogP contribution in [-0.2, 0) is 4.79 Å². The molecule has 1 aliphatic rings. The second-order valence-electron chi connectivity index (χ2n) is 3.65. The Morgan fingerprint density at radius 2 is 2.00 bits per heavy atom. The molecule has 2 heterocycles. The van der Waals surface area contributed by atoms with Gasteiger partial charge in [-0.25, -0.2) is 4.98 Å². The second kappa shape index (κ2) is 4.33. The molecule has 80 valence electrons. The Hall–Kier alpha value is -1.52. The van der Waals surface area contributed by atoms with Gasteiger partial charge in [0.2, 0.25) is 12.4 Å². The molecule has 0 radical (unpaired) electrons. The largest absolute Gasteiger partial charge is 0.345 e. The molecule has 2 rings (SSSR count). The molecule has 1 fully saturated rings. The zero-order chi connectivity index (χ0) is 10.7. The number of nitrogens with zero attached hydrogens (tertiary/aromatic N) is 3. The average molecular weight is 209 g/mol. The van der Waals surface area contributed by atoms with Crippen LogP contribution in [-0.4, -0.2) is 34.4 Å². The molecule has 1 saturated heterocycles. The number of carbonyl (C=O) groups excluding carboxylic acids is 1. The maximum Gasteiger partial charge on any atom is 0.234 e. The van der Waals surface area contributed by atoms with Gasteiger partial charge in [0.05, 0.1) is 5.69 Å². The Morgan fingerprint density at radius 1 is 1.33 bits per heavy atom. The number of halogens is 1. The first-order valence-corrected chi connectivity index (χ1v) is 4.97. The fourth-order valence-corrected chi connectivity index (χ4v) is 1.88. The summed E-state index contributed by atoms with van der Waals surface area (Å²) in [6.07, 6.45) is 5.20. The Morgan fingerprint density at radius 3 is 2.60 bits per heavy atom. The van der Waals surface area contributed by atoms with Crippen molar-refractivity contribution in [2.75, 3.05) is 13.1 Å². The molecule has 1 aromatic rings. The van der Waals surface area contributed by atoms with Crippen LogP contribution < -0.4 is 0 Å². The van der Waals surface area contributed by atoms with Gasteiger partial charge in [-0.1, -0.05) is 0 Å². The van der Waals surface area contributed by atoms with Crippen LogP contribution in [0.25, 0.3) is 0 Å². The highest BCUT2D eigenvalue weighted by Gasteiger charge is 2.23. The number of aromatic nitrogens is 2. The van der Waals surface area contributed by atoms with Crippen LogP contribution in [0.15, 0.2) is 12.4 Å². The first-order chi connectivity index (χ1) is 7.31. The summed E-state index contributed by atoms with van der Waals surface area (Å²) >= 11 is 0. The summed E-state index contributed by atoms with van der Waals surface area (Å²) in [5.41, 5.74) is 0.433. The Balaban J connectivity index is 2.07. The fourth-order valence-electron chi connectivity index (χ4n) is 1.88. The van der Waals surface area contributed by atoms with Crippen molar-refractivity contribution in [2.24, 2.45) is 0 Å². The van der Waals surface area contributed by atoms with Crippen LogP contribution in [0.3, 0.4) is 0 Å². The molecule has 0 spiro atoms. The van der Waals surface area contributed by atoms with Gasteiger partial charge >= 0.3 is 0 Å². The normalized spacial score (nSPS) is 17.8. The maximum absolute atomic E-state index is 13.3. The quantitative estimate of drug-likeness (QED) is 0.681. The van der Waals surface area contributed by atoms with E-state index in [9.17, 15) is 9.18 Å². The average Bonchev–Trinajstić information content (AvgIpc) is 2.30. The summed E-state index contributed by atoms with van der Waals surface area (Å²) in [4.78, 5) is 19.8. The lowest BCUT2D eigenvalue weighted by Gasteiger charge is -2.28. The third-order valence-electron chi connectivity index (χ3n) is 2.74. The molecule has 0 atom stereocenters. The molecule has 0 N–H and O–H groups in total. The summed E-state index contributed by atoms with van der Waals surface area (Å²) in [7, 11) is 0. The molecule has 15 heavy (non-hydrogen) atoms. The molecule has 0 saturated carbocycles. The van der Waals surface area contributed by atoms with Gasteiger partial charge in [-0.15, -0.1) is 0 Å². The number of hydrogen-bond acceptors (Lipinski definition) is 3. The minimum absolute atomic E-state index is 0.0925. The van der Waals surface area contributed by atoms with Crippen molar-refractivity contribution < 1.29 is 9.18 Å². The van der Waals surface area contributed by atoms with E-state index in [1.165, 1.54) is 12.4 Å². The van der Waals surface area contributed by atoms with Gasteiger partial charge < -0.3 is 4.90 Å². The summed E-state index contributed by atoms with van der Waals surface area (Å²) in [6.45, 7) is 1.34. The predicted octanol–water partition coefficient (Wildman–Crippen LogP) is 0.951. The van der Waals surface area contributed by atoms with E-state index in [1.807, 2.05) is 0 Å². The summed E-state index contributed by atoms with van der Waals surface area (Å²) in [5, 5.41) is 0. The van der Waals surface area contributed by atoms with E-state index >= 15 is 0 Å². The highest BCUT2D eigenvalue weighted by atomic mass is 19.1. The van der Waals surface area contributed by atoms with Crippen LogP contribution in [0.4, 0.5) is 4.39 Å². The zero-order valence-corrected chi connectivity index (χ0v) is 8.27. The first-order valence-electron chi connectivity index (χ1n) is 4.97. The lowest BCUT2D eigenvalue weighted by atomic mass is 9.94. The molecule has 0 unspecified atom stereocenters. The van der Waals surface area contributed by atoms with Crippen molar-refractivity contribution in [1.82, 2.24) is 14.9 Å². The van der Waals surface area contributed by atoms with Crippen LogP contribution in [0.1, 0.15) is 24.5 Å². The standard InChI is InChI=1S/C10H12FN3O/c11-10-9(12-3-4-13-10)8-1-5-14(7-15)6-2-8/h3-4,7-8H,1-2,5-6H2. The third kappa shape index (κ3) is 2.11. The van der Waals surface area contributed by atoms with Gasteiger partial charge in [-0.05, 0) is 12.8 Å². The van der Waals surface area contributed by atoms with Gasteiger partial charge in [0.1, 0.15) is 0 Å². The van der Waals surface area contributed by atoms with E-state index < -0.39 is 5.95 Å². The summed E-state index contributed by atoms with van der Waals surface area (Å²) < 4.78 is 13.3. The minimum Gasteiger partial charge on any atom is -0.345 e. The van der Waals surface area contributed by atoms with Crippen molar-refractivity contribution in [3.8, 4) is 0 Å². The Bertz CT molecular complexity index is 350. The minimum atomic E-state index is -0.484. The van der Waals surface area contributed by atoms with Gasteiger partial charge in [0, 0.05) is 31.4 Å². The Kier molecular flexibility index (Phi) is 2.89. The van der Waals surface area contributed by atoms with Crippen molar-refractivity contribution >= 4 is 6.41 Å². The van der Waals surface area contributed by atoms with E-state index in [1.54, 1.807) is 4.90 Å². The SMILES string of the molecule is O=CN1CCC(c2nccnc2F)CC1. The second-order valence-corrected chi connectivity index (χ2v) is 3.65. The van der Waals surface area contributed by atoms with Gasteiger partial charge in [-0.3, -0.25) is 9.78 Å². The van der Waals surface area contributed by atoms with Gasteiger partial charge in [-0.2, -0.15) is 4.39 Å².